The predicted octanol–water partition coefficient (Wildman–Crippen LogP) is 0.878. The molecule has 0 fully saturated rings. The van der Waals surface area contributed by atoms with Crippen molar-refractivity contribution in [1.82, 2.24) is 19.6 Å². The molecule has 11 heteroatoms. The number of benzene rings is 1. The minimum Gasteiger partial charge on any atom is -0.478 e. The first-order valence-corrected chi connectivity index (χ1v) is 7.58. The Morgan fingerprint density at radius 3 is 2.54 bits per heavy atom. The van der Waals surface area contributed by atoms with Gasteiger partial charge in [0.15, 0.2) is 0 Å². The van der Waals surface area contributed by atoms with Gasteiger partial charge < -0.3 is 5.11 Å². The fraction of sp³-hybridized carbons (Fsp3) is 0.0667. The first-order chi connectivity index (χ1) is 12.3. The molecule has 0 radical (unpaired) electrons. The summed E-state index contributed by atoms with van der Waals surface area (Å²) in [7, 11) is 0. The number of nitrogens with one attached hydrogen (secondary N) is 1. The SMILES string of the molecule is Cc1nc2nc(N3C(=O)c4ccc(C(=O)O)cc4C3=O)[nH]n2c(=O)c1Cl. The molecule has 1 aromatic carbocycles. The lowest BCUT2D eigenvalue weighted by atomic mass is 10.1. The number of hydrogen-bond acceptors (Lipinski definition) is 6. The van der Waals surface area contributed by atoms with Crippen molar-refractivity contribution in [2.24, 2.45) is 0 Å². The van der Waals surface area contributed by atoms with Gasteiger partial charge >= 0.3 is 5.97 Å². The van der Waals surface area contributed by atoms with Crippen LogP contribution >= 0.6 is 11.6 Å². The molecular formula is C15H8ClN5O5. The number of halogens is 1. The first-order valence-electron chi connectivity index (χ1n) is 7.20. The molecule has 0 spiro atoms. The number of imide groups is 1. The number of carboxylic acids is 1. The van der Waals surface area contributed by atoms with E-state index in [0.29, 0.717) is 4.90 Å². The Balaban J connectivity index is 1.87. The molecule has 4 rings (SSSR count). The Bertz CT molecular complexity index is 1210. The third kappa shape index (κ3) is 2.05. The molecule has 3 aromatic rings. The van der Waals surface area contributed by atoms with Crippen LogP contribution in [0.1, 0.15) is 36.8 Å². The topological polar surface area (TPSA) is 138 Å². The van der Waals surface area contributed by atoms with E-state index in [-0.39, 0.29) is 39.1 Å². The van der Waals surface area contributed by atoms with E-state index in [4.69, 9.17) is 16.7 Å². The van der Waals surface area contributed by atoms with Gasteiger partial charge in [-0.2, -0.15) is 9.50 Å². The maximum Gasteiger partial charge on any atom is 0.335 e. The Labute approximate surface area is 148 Å². The zero-order chi connectivity index (χ0) is 18.7. The number of hydrogen-bond donors (Lipinski definition) is 2. The molecule has 3 heterocycles. The molecule has 0 bridgehead atoms. The predicted molar refractivity (Wildman–Crippen MR) is 87.9 cm³/mol. The molecular weight excluding hydrogens is 366 g/mol. The van der Waals surface area contributed by atoms with E-state index in [0.717, 1.165) is 10.6 Å². The fourth-order valence-electron chi connectivity index (χ4n) is 2.65. The number of rotatable bonds is 2. The summed E-state index contributed by atoms with van der Waals surface area (Å²) in [6, 6.07) is 3.60. The summed E-state index contributed by atoms with van der Waals surface area (Å²) < 4.78 is 0.914. The van der Waals surface area contributed by atoms with Crippen molar-refractivity contribution < 1.29 is 19.5 Å². The number of anilines is 1. The quantitative estimate of drug-likeness (QED) is 0.636. The molecule has 10 nitrogen and oxygen atoms in total. The number of aryl methyl sites for hydroxylation is 1. The van der Waals surface area contributed by atoms with Crippen molar-refractivity contribution in [3.05, 3.63) is 56.0 Å². The third-order valence-electron chi connectivity index (χ3n) is 3.94. The van der Waals surface area contributed by atoms with Crippen molar-refractivity contribution in [2.75, 3.05) is 4.90 Å². The molecule has 2 amide bonds. The van der Waals surface area contributed by atoms with E-state index in [1.165, 1.54) is 19.1 Å². The van der Waals surface area contributed by atoms with Crippen LogP contribution in [0.15, 0.2) is 23.0 Å². The van der Waals surface area contributed by atoms with Crippen LogP contribution in [0.2, 0.25) is 5.02 Å². The molecule has 1 aliphatic heterocycles. The van der Waals surface area contributed by atoms with E-state index in [2.05, 4.69) is 15.1 Å². The maximum absolute atomic E-state index is 12.6. The molecule has 0 saturated heterocycles. The van der Waals surface area contributed by atoms with Gasteiger partial charge in [0.05, 0.1) is 22.4 Å². The minimum atomic E-state index is -1.23. The molecule has 0 atom stereocenters. The number of nitrogens with zero attached hydrogens (tertiary/aromatic N) is 4. The van der Waals surface area contributed by atoms with E-state index < -0.39 is 23.3 Å². The number of carboxylic acid groups (broad SMARTS) is 1. The summed E-state index contributed by atoms with van der Waals surface area (Å²) in [4.78, 5) is 57.1. The van der Waals surface area contributed by atoms with Gasteiger partial charge in [0.25, 0.3) is 23.2 Å². The van der Waals surface area contributed by atoms with Gasteiger partial charge in [-0.05, 0) is 25.1 Å². The van der Waals surface area contributed by atoms with Crippen molar-refractivity contribution >= 4 is 41.1 Å². The van der Waals surface area contributed by atoms with Gasteiger partial charge in [-0.15, -0.1) is 0 Å². The highest BCUT2D eigenvalue weighted by Gasteiger charge is 2.39. The van der Waals surface area contributed by atoms with Crippen LogP contribution < -0.4 is 10.5 Å². The van der Waals surface area contributed by atoms with Gasteiger partial charge in [-0.25, -0.2) is 14.7 Å². The van der Waals surface area contributed by atoms with E-state index in [1.54, 1.807) is 0 Å². The number of carbonyl (C=O) groups excluding carboxylic acids is 2. The average Bonchev–Trinajstić information content (AvgIpc) is 3.12. The lowest BCUT2D eigenvalue weighted by Gasteiger charge is -2.08. The number of H-pyrrole nitrogens is 1. The number of aromatic nitrogens is 4. The van der Waals surface area contributed by atoms with Gasteiger partial charge in [0.2, 0.25) is 5.95 Å². The molecule has 0 aliphatic carbocycles. The van der Waals surface area contributed by atoms with Crippen molar-refractivity contribution in [1.29, 1.82) is 0 Å². The molecule has 1 aliphatic rings. The smallest absolute Gasteiger partial charge is 0.335 e. The molecule has 0 unspecified atom stereocenters. The second-order valence-corrected chi connectivity index (χ2v) is 5.89. The zero-order valence-corrected chi connectivity index (χ0v) is 13.7. The van der Waals surface area contributed by atoms with Crippen LogP contribution in [0.4, 0.5) is 5.95 Å². The minimum absolute atomic E-state index is 0.0370. The molecule has 26 heavy (non-hydrogen) atoms. The van der Waals surface area contributed by atoms with Crippen LogP contribution in [-0.2, 0) is 0 Å². The number of carbonyl (C=O) groups is 3. The van der Waals surface area contributed by atoms with Crippen LogP contribution in [0.25, 0.3) is 5.78 Å². The summed E-state index contributed by atoms with van der Waals surface area (Å²) in [5.74, 6) is -2.97. The Morgan fingerprint density at radius 1 is 1.15 bits per heavy atom. The maximum atomic E-state index is 12.6. The molecule has 2 aromatic heterocycles. The van der Waals surface area contributed by atoms with Crippen LogP contribution in [0, 0.1) is 6.92 Å². The summed E-state index contributed by atoms with van der Waals surface area (Å²) >= 11 is 5.86. The number of aromatic amines is 1. The van der Waals surface area contributed by atoms with Gasteiger partial charge in [-0.1, -0.05) is 11.6 Å². The highest BCUT2D eigenvalue weighted by molar-refractivity contribution is 6.34. The highest BCUT2D eigenvalue weighted by Crippen LogP contribution is 2.27. The van der Waals surface area contributed by atoms with Gasteiger partial charge in [0.1, 0.15) is 5.02 Å². The fourth-order valence-corrected chi connectivity index (χ4v) is 2.78. The van der Waals surface area contributed by atoms with Crippen LogP contribution in [0.5, 0.6) is 0 Å². The van der Waals surface area contributed by atoms with E-state index >= 15 is 0 Å². The normalized spacial score (nSPS) is 13.5. The van der Waals surface area contributed by atoms with Gasteiger partial charge in [0, 0.05) is 0 Å². The van der Waals surface area contributed by atoms with Crippen molar-refractivity contribution in [3.63, 3.8) is 0 Å². The number of fused-ring (bicyclic) bond motifs is 2. The molecule has 130 valence electrons. The lowest BCUT2D eigenvalue weighted by Crippen LogP contribution is -2.30. The number of amides is 2. The Kier molecular flexibility index (Phi) is 3.21. The average molecular weight is 374 g/mol. The van der Waals surface area contributed by atoms with E-state index in [9.17, 15) is 19.2 Å². The van der Waals surface area contributed by atoms with Crippen molar-refractivity contribution in [3.8, 4) is 0 Å². The van der Waals surface area contributed by atoms with Crippen LogP contribution in [-0.4, -0.2) is 42.5 Å². The second kappa shape index (κ2) is 5.23. The summed E-state index contributed by atoms with van der Waals surface area (Å²) in [5.41, 5.74) is -0.530. The standard InChI is InChI=1S/C15H8ClN5O5/c1-5-9(16)12(24)21-14(17-5)18-15(19-21)20-10(22)7-3-2-6(13(25)26)4-8(7)11(20)23/h2-4H,1H3,(H,25,26)(H,17,18,19). The molecule has 2 N–H and O–H groups in total. The lowest BCUT2D eigenvalue weighted by molar-refractivity contribution is 0.0696. The molecule has 0 saturated carbocycles. The summed E-state index contributed by atoms with van der Waals surface area (Å²) in [5, 5.41) is 11.4. The van der Waals surface area contributed by atoms with E-state index in [1.807, 2.05) is 0 Å². The first kappa shape index (κ1) is 16.0. The zero-order valence-electron chi connectivity index (χ0n) is 13.0. The van der Waals surface area contributed by atoms with Crippen LogP contribution in [0.3, 0.4) is 0 Å². The largest absolute Gasteiger partial charge is 0.478 e. The summed E-state index contributed by atoms with van der Waals surface area (Å²) in [6.45, 7) is 1.52. The van der Waals surface area contributed by atoms with Crippen molar-refractivity contribution in [2.45, 2.75) is 6.92 Å². The van der Waals surface area contributed by atoms with Gasteiger partial charge in [-0.3, -0.25) is 19.5 Å². The monoisotopic (exact) mass is 373 g/mol. The Hall–Kier alpha value is -3.53. The number of aromatic carboxylic acids is 1. The second-order valence-electron chi connectivity index (χ2n) is 5.51. The highest BCUT2D eigenvalue weighted by atomic mass is 35.5. The Morgan fingerprint density at radius 2 is 1.85 bits per heavy atom. The summed E-state index contributed by atoms with van der Waals surface area (Å²) in [6.07, 6.45) is 0. The third-order valence-corrected chi connectivity index (χ3v) is 4.37.